The van der Waals surface area contributed by atoms with Gasteiger partial charge in [-0.2, -0.15) is 0 Å². The maximum atomic E-state index is 5.49. The predicted octanol–water partition coefficient (Wildman–Crippen LogP) is 2.06. The van der Waals surface area contributed by atoms with Crippen molar-refractivity contribution in [2.24, 2.45) is 0 Å². The molecular weight excluding hydrogens is 176 g/mol. The molecule has 0 saturated carbocycles. The molecule has 2 rings (SSSR count). The second-order valence-corrected chi connectivity index (χ2v) is 3.79. The average molecular weight is 192 g/mol. The number of nitrogens with zero attached hydrogens (tertiary/aromatic N) is 1. The lowest BCUT2D eigenvalue weighted by Crippen LogP contribution is -2.32. The van der Waals surface area contributed by atoms with E-state index < -0.39 is 0 Å². The molecule has 0 aliphatic carbocycles. The number of hydrogen-bond donors (Lipinski definition) is 1. The summed E-state index contributed by atoms with van der Waals surface area (Å²) in [5.74, 6) is 0. The van der Waals surface area contributed by atoms with Gasteiger partial charge >= 0.3 is 0 Å². The van der Waals surface area contributed by atoms with Gasteiger partial charge in [0.1, 0.15) is 0 Å². The molecule has 0 amide bonds. The molecule has 2 atom stereocenters. The largest absolute Gasteiger partial charge is 0.381 e. The van der Waals surface area contributed by atoms with Crippen LogP contribution in [0.25, 0.3) is 0 Å². The summed E-state index contributed by atoms with van der Waals surface area (Å²) < 4.78 is 5.49. The molecule has 2 unspecified atom stereocenters. The third-order valence-electron chi connectivity index (χ3n) is 2.52. The lowest BCUT2D eigenvalue weighted by Gasteiger charge is -2.28. The van der Waals surface area contributed by atoms with Gasteiger partial charge in [-0.25, -0.2) is 0 Å². The van der Waals surface area contributed by atoms with Crippen LogP contribution in [0.1, 0.15) is 19.8 Å². The molecule has 3 nitrogen and oxygen atoms in total. The Morgan fingerprint density at radius 3 is 3.21 bits per heavy atom. The van der Waals surface area contributed by atoms with Crippen LogP contribution in [-0.4, -0.2) is 23.7 Å². The Balaban J connectivity index is 1.91. The van der Waals surface area contributed by atoms with E-state index in [-0.39, 0.29) is 0 Å². The lowest BCUT2D eigenvalue weighted by molar-refractivity contribution is 0.0232. The molecule has 1 saturated heterocycles. The number of anilines is 1. The van der Waals surface area contributed by atoms with Gasteiger partial charge in [-0.3, -0.25) is 4.98 Å². The Labute approximate surface area is 84.5 Å². The molecule has 2 heterocycles. The first-order valence-electron chi connectivity index (χ1n) is 5.13. The maximum Gasteiger partial charge on any atom is 0.0566 e. The molecule has 1 aliphatic rings. The standard InChI is InChI=1S/C11H16N2O/c1-9-7-10(4-6-14-9)13-11-3-2-5-12-8-11/h2-3,5,8-10,13H,4,6-7H2,1H3. The molecular formula is C11H16N2O. The van der Waals surface area contributed by atoms with Crippen molar-refractivity contribution in [2.75, 3.05) is 11.9 Å². The molecule has 1 N–H and O–H groups in total. The highest BCUT2D eigenvalue weighted by Gasteiger charge is 2.18. The summed E-state index contributed by atoms with van der Waals surface area (Å²) >= 11 is 0. The maximum absolute atomic E-state index is 5.49. The van der Waals surface area contributed by atoms with Crippen molar-refractivity contribution in [2.45, 2.75) is 31.9 Å². The first-order chi connectivity index (χ1) is 6.84. The van der Waals surface area contributed by atoms with Gasteiger partial charge in [0.25, 0.3) is 0 Å². The summed E-state index contributed by atoms with van der Waals surface area (Å²) in [6.45, 7) is 2.98. The molecule has 0 spiro atoms. The summed E-state index contributed by atoms with van der Waals surface area (Å²) in [7, 11) is 0. The van der Waals surface area contributed by atoms with Gasteiger partial charge in [0.05, 0.1) is 11.8 Å². The number of aromatic nitrogens is 1. The van der Waals surface area contributed by atoms with E-state index in [4.69, 9.17) is 4.74 Å². The zero-order valence-electron chi connectivity index (χ0n) is 8.44. The number of nitrogens with one attached hydrogen (secondary N) is 1. The monoisotopic (exact) mass is 192 g/mol. The summed E-state index contributed by atoms with van der Waals surface area (Å²) in [5.41, 5.74) is 1.10. The van der Waals surface area contributed by atoms with Crippen molar-refractivity contribution >= 4 is 5.69 Å². The molecule has 0 radical (unpaired) electrons. The van der Waals surface area contributed by atoms with Gasteiger partial charge in [-0.05, 0) is 31.9 Å². The van der Waals surface area contributed by atoms with E-state index in [2.05, 4.69) is 17.2 Å². The Morgan fingerprint density at radius 2 is 2.50 bits per heavy atom. The fraction of sp³-hybridized carbons (Fsp3) is 0.545. The SMILES string of the molecule is CC1CC(Nc2cccnc2)CCO1. The smallest absolute Gasteiger partial charge is 0.0566 e. The zero-order valence-corrected chi connectivity index (χ0v) is 8.44. The Hall–Kier alpha value is -1.09. The van der Waals surface area contributed by atoms with Crippen molar-refractivity contribution in [1.29, 1.82) is 0 Å². The van der Waals surface area contributed by atoms with Crippen molar-refractivity contribution in [3.8, 4) is 0 Å². The molecule has 14 heavy (non-hydrogen) atoms. The Morgan fingerprint density at radius 1 is 1.57 bits per heavy atom. The zero-order chi connectivity index (χ0) is 9.80. The second-order valence-electron chi connectivity index (χ2n) is 3.79. The topological polar surface area (TPSA) is 34.2 Å². The molecule has 1 aromatic rings. The van der Waals surface area contributed by atoms with E-state index in [9.17, 15) is 0 Å². The Kier molecular flexibility index (Phi) is 2.99. The van der Waals surface area contributed by atoms with Crippen LogP contribution in [0.3, 0.4) is 0 Å². The van der Waals surface area contributed by atoms with Gasteiger partial charge in [-0.1, -0.05) is 0 Å². The highest BCUT2D eigenvalue weighted by molar-refractivity contribution is 5.40. The van der Waals surface area contributed by atoms with Gasteiger partial charge in [0, 0.05) is 25.0 Å². The number of ether oxygens (including phenoxy) is 1. The average Bonchev–Trinajstić information content (AvgIpc) is 2.19. The van der Waals surface area contributed by atoms with Gasteiger partial charge < -0.3 is 10.1 Å². The first-order valence-corrected chi connectivity index (χ1v) is 5.13. The third kappa shape index (κ3) is 2.45. The van der Waals surface area contributed by atoms with Crippen LogP contribution in [0.4, 0.5) is 5.69 Å². The van der Waals surface area contributed by atoms with Gasteiger partial charge in [-0.15, -0.1) is 0 Å². The van der Waals surface area contributed by atoms with Gasteiger partial charge in [0.15, 0.2) is 0 Å². The van der Waals surface area contributed by atoms with E-state index in [1.807, 2.05) is 18.3 Å². The number of rotatable bonds is 2. The van der Waals surface area contributed by atoms with E-state index in [1.165, 1.54) is 0 Å². The fourth-order valence-electron chi connectivity index (χ4n) is 1.81. The first kappa shape index (κ1) is 9.46. The van der Waals surface area contributed by atoms with Crippen LogP contribution in [0.5, 0.6) is 0 Å². The minimum atomic E-state index is 0.373. The van der Waals surface area contributed by atoms with Crippen LogP contribution in [0.2, 0.25) is 0 Å². The van der Waals surface area contributed by atoms with E-state index in [0.29, 0.717) is 12.1 Å². The highest BCUT2D eigenvalue weighted by Crippen LogP contribution is 2.17. The van der Waals surface area contributed by atoms with Crippen molar-refractivity contribution in [3.05, 3.63) is 24.5 Å². The van der Waals surface area contributed by atoms with Crippen LogP contribution in [-0.2, 0) is 4.74 Å². The summed E-state index contributed by atoms with van der Waals surface area (Å²) in [5, 5.41) is 3.47. The van der Waals surface area contributed by atoms with E-state index in [0.717, 1.165) is 25.1 Å². The van der Waals surface area contributed by atoms with Crippen molar-refractivity contribution in [1.82, 2.24) is 4.98 Å². The number of pyridine rings is 1. The molecule has 0 aromatic carbocycles. The third-order valence-corrected chi connectivity index (χ3v) is 2.52. The molecule has 3 heteroatoms. The molecule has 1 aliphatic heterocycles. The molecule has 1 aromatic heterocycles. The summed E-state index contributed by atoms with van der Waals surface area (Å²) in [6, 6.07) is 4.53. The molecule has 76 valence electrons. The normalized spacial score (nSPS) is 27.2. The minimum Gasteiger partial charge on any atom is -0.381 e. The Bertz CT molecular complexity index is 276. The quantitative estimate of drug-likeness (QED) is 0.778. The van der Waals surface area contributed by atoms with E-state index in [1.54, 1.807) is 6.20 Å². The van der Waals surface area contributed by atoms with Gasteiger partial charge in [0.2, 0.25) is 0 Å². The van der Waals surface area contributed by atoms with Crippen molar-refractivity contribution in [3.63, 3.8) is 0 Å². The summed E-state index contributed by atoms with van der Waals surface area (Å²) in [6.07, 6.45) is 6.18. The minimum absolute atomic E-state index is 0.373. The van der Waals surface area contributed by atoms with Crippen molar-refractivity contribution < 1.29 is 4.74 Å². The van der Waals surface area contributed by atoms with E-state index >= 15 is 0 Å². The number of hydrogen-bond acceptors (Lipinski definition) is 3. The molecule has 0 bridgehead atoms. The highest BCUT2D eigenvalue weighted by atomic mass is 16.5. The summed E-state index contributed by atoms with van der Waals surface area (Å²) in [4.78, 5) is 4.08. The van der Waals surface area contributed by atoms with Crippen LogP contribution in [0.15, 0.2) is 24.5 Å². The fourth-order valence-corrected chi connectivity index (χ4v) is 1.81. The second kappa shape index (κ2) is 4.42. The lowest BCUT2D eigenvalue weighted by atomic mass is 10.0. The van der Waals surface area contributed by atoms with Crippen LogP contribution < -0.4 is 5.32 Å². The van der Waals surface area contributed by atoms with Crippen LogP contribution in [0, 0.1) is 0 Å². The van der Waals surface area contributed by atoms with Crippen LogP contribution >= 0.6 is 0 Å². The predicted molar refractivity (Wildman–Crippen MR) is 56.3 cm³/mol. The molecule has 1 fully saturated rings.